The van der Waals surface area contributed by atoms with Crippen LogP contribution < -0.4 is 5.73 Å². The average molecular weight is 236 g/mol. The zero-order valence-electron chi connectivity index (χ0n) is 10.4. The van der Waals surface area contributed by atoms with Crippen LogP contribution in [0.3, 0.4) is 0 Å². The highest BCUT2D eigenvalue weighted by molar-refractivity contribution is 5.17. The number of aromatic nitrogens is 3. The maximum atomic E-state index is 5.72. The summed E-state index contributed by atoms with van der Waals surface area (Å²) < 4.78 is 5.04. The zero-order valence-corrected chi connectivity index (χ0v) is 10.4. The van der Waals surface area contributed by atoms with Gasteiger partial charge in [0.1, 0.15) is 12.4 Å². The maximum absolute atomic E-state index is 5.72. The van der Waals surface area contributed by atoms with E-state index < -0.39 is 0 Å². The van der Waals surface area contributed by atoms with Crippen molar-refractivity contribution in [3.8, 4) is 0 Å². The number of nitrogens with two attached hydrogens (primary N) is 1. The van der Waals surface area contributed by atoms with E-state index in [1.165, 1.54) is 25.7 Å². The van der Waals surface area contributed by atoms with Gasteiger partial charge >= 0.3 is 0 Å². The molecule has 0 atom stereocenters. The summed E-state index contributed by atoms with van der Waals surface area (Å²) in [4.78, 5) is 12.8. The molecule has 94 valence electrons. The van der Waals surface area contributed by atoms with Crippen molar-refractivity contribution in [1.82, 2.24) is 15.0 Å². The van der Waals surface area contributed by atoms with Crippen molar-refractivity contribution < 1.29 is 4.74 Å². The SMILES string of the molecule is COCc1nc(N)nc(C2CCCCCC2)n1. The zero-order chi connectivity index (χ0) is 12.1. The molecule has 1 saturated carbocycles. The van der Waals surface area contributed by atoms with E-state index in [0.29, 0.717) is 24.3 Å². The van der Waals surface area contributed by atoms with Crippen LogP contribution in [-0.2, 0) is 11.3 Å². The van der Waals surface area contributed by atoms with E-state index in [4.69, 9.17) is 10.5 Å². The predicted octanol–water partition coefficient (Wildman–Crippen LogP) is 2.04. The number of ether oxygens (including phenoxy) is 1. The van der Waals surface area contributed by atoms with Gasteiger partial charge in [0.25, 0.3) is 0 Å². The third-order valence-electron chi connectivity index (χ3n) is 3.21. The number of anilines is 1. The number of hydrogen-bond donors (Lipinski definition) is 1. The number of nitrogens with zero attached hydrogens (tertiary/aromatic N) is 3. The van der Waals surface area contributed by atoms with E-state index in [-0.39, 0.29) is 0 Å². The van der Waals surface area contributed by atoms with Crippen molar-refractivity contribution in [2.45, 2.75) is 51.0 Å². The molecule has 0 bridgehead atoms. The summed E-state index contributed by atoms with van der Waals surface area (Å²) in [5, 5.41) is 0. The molecule has 1 fully saturated rings. The minimum atomic E-state index is 0.311. The normalized spacial score (nSPS) is 17.9. The van der Waals surface area contributed by atoms with E-state index in [2.05, 4.69) is 15.0 Å². The molecule has 0 radical (unpaired) electrons. The monoisotopic (exact) mass is 236 g/mol. The van der Waals surface area contributed by atoms with Crippen LogP contribution in [0.4, 0.5) is 5.95 Å². The molecule has 0 aliphatic heterocycles. The molecule has 0 aromatic carbocycles. The van der Waals surface area contributed by atoms with E-state index >= 15 is 0 Å². The Balaban J connectivity index is 2.17. The first kappa shape index (κ1) is 12.2. The van der Waals surface area contributed by atoms with Gasteiger partial charge < -0.3 is 10.5 Å². The second kappa shape index (κ2) is 5.91. The van der Waals surface area contributed by atoms with Crippen LogP contribution in [0.25, 0.3) is 0 Å². The lowest BCUT2D eigenvalue weighted by atomic mass is 10.00. The second-order valence-corrected chi connectivity index (χ2v) is 4.59. The van der Waals surface area contributed by atoms with E-state index in [0.717, 1.165) is 18.7 Å². The molecule has 1 aliphatic rings. The van der Waals surface area contributed by atoms with Crippen molar-refractivity contribution in [3.05, 3.63) is 11.6 Å². The standard InChI is InChI=1S/C12H20N4O/c1-17-8-10-14-11(16-12(13)15-10)9-6-4-2-3-5-7-9/h9H,2-8H2,1H3,(H2,13,14,15,16). The third-order valence-corrected chi connectivity index (χ3v) is 3.21. The Hall–Kier alpha value is -1.23. The molecule has 5 heteroatoms. The van der Waals surface area contributed by atoms with Gasteiger partial charge in [-0.25, -0.2) is 4.98 Å². The molecule has 2 N–H and O–H groups in total. The lowest BCUT2D eigenvalue weighted by Crippen LogP contribution is -2.11. The first-order valence-electron chi connectivity index (χ1n) is 6.29. The van der Waals surface area contributed by atoms with E-state index in [9.17, 15) is 0 Å². The molecule has 1 aliphatic carbocycles. The predicted molar refractivity (Wildman–Crippen MR) is 65.4 cm³/mol. The Morgan fingerprint density at radius 2 is 1.82 bits per heavy atom. The van der Waals surface area contributed by atoms with Crippen LogP contribution in [-0.4, -0.2) is 22.1 Å². The van der Waals surface area contributed by atoms with Gasteiger partial charge in [-0.2, -0.15) is 9.97 Å². The molecule has 2 rings (SSSR count). The Morgan fingerprint density at radius 3 is 2.47 bits per heavy atom. The fourth-order valence-electron chi connectivity index (χ4n) is 2.37. The summed E-state index contributed by atoms with van der Waals surface area (Å²) >= 11 is 0. The highest BCUT2D eigenvalue weighted by atomic mass is 16.5. The molecule has 5 nitrogen and oxygen atoms in total. The molecule has 1 aromatic rings. The molecular weight excluding hydrogens is 216 g/mol. The van der Waals surface area contributed by atoms with Crippen molar-refractivity contribution in [3.63, 3.8) is 0 Å². The second-order valence-electron chi connectivity index (χ2n) is 4.59. The largest absolute Gasteiger partial charge is 0.377 e. The highest BCUT2D eigenvalue weighted by Crippen LogP contribution is 2.29. The summed E-state index contributed by atoms with van der Waals surface area (Å²) in [6.07, 6.45) is 7.49. The Labute approximate surface area is 102 Å². The van der Waals surface area contributed by atoms with Crippen LogP contribution in [0.2, 0.25) is 0 Å². The topological polar surface area (TPSA) is 73.9 Å². The van der Waals surface area contributed by atoms with Crippen LogP contribution >= 0.6 is 0 Å². The van der Waals surface area contributed by atoms with Gasteiger partial charge in [0.15, 0.2) is 5.82 Å². The fraction of sp³-hybridized carbons (Fsp3) is 0.750. The van der Waals surface area contributed by atoms with Gasteiger partial charge in [0.2, 0.25) is 5.95 Å². The Bertz CT molecular complexity index is 362. The summed E-state index contributed by atoms with van der Waals surface area (Å²) in [6, 6.07) is 0. The molecule has 0 amide bonds. The average Bonchev–Trinajstić information content (AvgIpc) is 2.57. The van der Waals surface area contributed by atoms with Gasteiger partial charge in [-0.1, -0.05) is 25.7 Å². The van der Waals surface area contributed by atoms with Gasteiger partial charge in [-0.15, -0.1) is 0 Å². The molecule has 1 aromatic heterocycles. The van der Waals surface area contributed by atoms with E-state index in [1.54, 1.807) is 7.11 Å². The van der Waals surface area contributed by atoms with Gasteiger partial charge in [-0.3, -0.25) is 0 Å². The number of hydrogen-bond acceptors (Lipinski definition) is 5. The van der Waals surface area contributed by atoms with Crippen LogP contribution in [0.1, 0.15) is 56.1 Å². The van der Waals surface area contributed by atoms with Crippen molar-refractivity contribution in [1.29, 1.82) is 0 Å². The molecule has 0 saturated heterocycles. The Morgan fingerprint density at radius 1 is 1.12 bits per heavy atom. The lowest BCUT2D eigenvalue weighted by Gasteiger charge is -2.13. The number of rotatable bonds is 3. The number of nitrogen functional groups attached to an aromatic ring is 1. The van der Waals surface area contributed by atoms with Crippen LogP contribution in [0, 0.1) is 0 Å². The fourth-order valence-corrected chi connectivity index (χ4v) is 2.37. The molecular formula is C12H20N4O. The van der Waals surface area contributed by atoms with E-state index in [1.807, 2.05) is 0 Å². The number of methoxy groups -OCH3 is 1. The maximum Gasteiger partial charge on any atom is 0.223 e. The lowest BCUT2D eigenvalue weighted by molar-refractivity contribution is 0.177. The van der Waals surface area contributed by atoms with Crippen molar-refractivity contribution in [2.75, 3.05) is 12.8 Å². The molecule has 1 heterocycles. The molecule has 0 unspecified atom stereocenters. The van der Waals surface area contributed by atoms with Gasteiger partial charge in [-0.05, 0) is 12.8 Å². The third kappa shape index (κ3) is 3.36. The van der Waals surface area contributed by atoms with Gasteiger partial charge in [0.05, 0.1) is 0 Å². The van der Waals surface area contributed by atoms with Crippen molar-refractivity contribution >= 4 is 5.95 Å². The highest BCUT2D eigenvalue weighted by Gasteiger charge is 2.18. The minimum absolute atomic E-state index is 0.311. The van der Waals surface area contributed by atoms with Gasteiger partial charge in [0, 0.05) is 13.0 Å². The minimum Gasteiger partial charge on any atom is -0.377 e. The summed E-state index contributed by atoms with van der Waals surface area (Å²) in [7, 11) is 1.63. The first-order valence-corrected chi connectivity index (χ1v) is 6.29. The molecule has 17 heavy (non-hydrogen) atoms. The molecule has 0 spiro atoms. The quantitative estimate of drug-likeness (QED) is 0.813. The van der Waals surface area contributed by atoms with Crippen LogP contribution in [0.5, 0.6) is 0 Å². The summed E-state index contributed by atoms with van der Waals surface area (Å²) in [6.45, 7) is 0.395. The smallest absolute Gasteiger partial charge is 0.223 e. The Kier molecular flexibility index (Phi) is 4.25. The first-order chi connectivity index (χ1) is 8.29. The van der Waals surface area contributed by atoms with Crippen molar-refractivity contribution in [2.24, 2.45) is 0 Å². The summed E-state index contributed by atoms with van der Waals surface area (Å²) in [5.74, 6) is 2.25. The summed E-state index contributed by atoms with van der Waals surface area (Å²) in [5.41, 5.74) is 5.72. The van der Waals surface area contributed by atoms with Crippen LogP contribution in [0.15, 0.2) is 0 Å².